The Labute approximate surface area is 130 Å². The molecule has 2 nitrogen and oxygen atoms in total. The SMILES string of the molecule is CCC(c1ccc(O)cc1)N(CCC(C)C)C1CCCC1. The second-order valence-electron chi connectivity index (χ2n) is 6.87. The van der Waals surface area contributed by atoms with Crippen LogP contribution in [0, 0.1) is 5.92 Å². The first-order valence-electron chi connectivity index (χ1n) is 8.66. The minimum absolute atomic E-state index is 0.364. The number of phenols is 1. The van der Waals surface area contributed by atoms with Gasteiger partial charge in [0.2, 0.25) is 0 Å². The summed E-state index contributed by atoms with van der Waals surface area (Å²) in [6.45, 7) is 8.11. The van der Waals surface area contributed by atoms with Gasteiger partial charge in [0.25, 0.3) is 0 Å². The summed E-state index contributed by atoms with van der Waals surface area (Å²) in [5.74, 6) is 1.12. The molecule has 0 heterocycles. The summed E-state index contributed by atoms with van der Waals surface area (Å²) >= 11 is 0. The van der Waals surface area contributed by atoms with Crippen molar-refractivity contribution in [3.8, 4) is 5.75 Å². The van der Waals surface area contributed by atoms with Crippen molar-refractivity contribution in [3.63, 3.8) is 0 Å². The van der Waals surface area contributed by atoms with E-state index in [2.05, 4.69) is 37.8 Å². The molecule has 1 unspecified atom stereocenters. The Morgan fingerprint density at radius 2 is 1.76 bits per heavy atom. The van der Waals surface area contributed by atoms with Gasteiger partial charge in [-0.05, 0) is 55.8 Å². The van der Waals surface area contributed by atoms with Crippen LogP contribution in [0.4, 0.5) is 0 Å². The van der Waals surface area contributed by atoms with E-state index in [1.54, 1.807) is 0 Å². The molecule has 0 bridgehead atoms. The van der Waals surface area contributed by atoms with Crippen LogP contribution in [0.2, 0.25) is 0 Å². The van der Waals surface area contributed by atoms with Gasteiger partial charge in [-0.15, -0.1) is 0 Å². The lowest BCUT2D eigenvalue weighted by molar-refractivity contribution is 0.123. The second-order valence-corrected chi connectivity index (χ2v) is 6.87. The van der Waals surface area contributed by atoms with Gasteiger partial charge >= 0.3 is 0 Å². The van der Waals surface area contributed by atoms with Gasteiger partial charge in [0.1, 0.15) is 5.75 Å². The minimum atomic E-state index is 0.364. The van der Waals surface area contributed by atoms with Crippen molar-refractivity contribution in [1.29, 1.82) is 0 Å². The van der Waals surface area contributed by atoms with Crippen LogP contribution in [0.3, 0.4) is 0 Å². The smallest absolute Gasteiger partial charge is 0.115 e. The molecule has 118 valence electrons. The molecule has 0 saturated heterocycles. The molecule has 1 aliphatic carbocycles. The van der Waals surface area contributed by atoms with Gasteiger partial charge in [-0.25, -0.2) is 0 Å². The summed E-state index contributed by atoms with van der Waals surface area (Å²) in [4.78, 5) is 2.75. The van der Waals surface area contributed by atoms with Crippen LogP contribution in [0.1, 0.15) is 70.9 Å². The second kappa shape index (κ2) is 7.84. The predicted octanol–water partition coefficient (Wildman–Crippen LogP) is 5.13. The van der Waals surface area contributed by atoms with Crippen molar-refractivity contribution in [2.75, 3.05) is 6.54 Å². The normalized spacial score (nSPS) is 17.8. The van der Waals surface area contributed by atoms with Crippen LogP contribution in [-0.4, -0.2) is 22.6 Å². The van der Waals surface area contributed by atoms with Gasteiger partial charge < -0.3 is 5.11 Å². The maximum Gasteiger partial charge on any atom is 0.115 e. The predicted molar refractivity (Wildman–Crippen MR) is 89.6 cm³/mol. The van der Waals surface area contributed by atoms with E-state index in [1.807, 2.05) is 12.1 Å². The van der Waals surface area contributed by atoms with Gasteiger partial charge in [0.05, 0.1) is 0 Å². The fraction of sp³-hybridized carbons (Fsp3) is 0.684. The third-order valence-electron chi connectivity index (χ3n) is 4.82. The standard InChI is InChI=1S/C19H31NO/c1-4-19(16-9-11-18(21)12-10-16)20(14-13-15(2)3)17-7-5-6-8-17/h9-12,15,17,19,21H,4-8,13-14H2,1-3H3. The Hall–Kier alpha value is -1.02. The first-order valence-corrected chi connectivity index (χ1v) is 8.66. The lowest BCUT2D eigenvalue weighted by Gasteiger charge is -2.37. The van der Waals surface area contributed by atoms with Crippen molar-refractivity contribution in [1.82, 2.24) is 4.90 Å². The molecule has 1 N–H and O–H groups in total. The first kappa shape index (κ1) is 16.4. The molecular formula is C19H31NO. The molecule has 1 aromatic rings. The highest BCUT2D eigenvalue weighted by molar-refractivity contribution is 5.28. The Morgan fingerprint density at radius 3 is 2.29 bits per heavy atom. The fourth-order valence-corrected chi connectivity index (χ4v) is 3.59. The van der Waals surface area contributed by atoms with Crippen LogP contribution in [-0.2, 0) is 0 Å². The van der Waals surface area contributed by atoms with Crippen molar-refractivity contribution in [2.45, 2.75) is 71.4 Å². The monoisotopic (exact) mass is 289 g/mol. The van der Waals surface area contributed by atoms with Crippen molar-refractivity contribution < 1.29 is 5.11 Å². The molecule has 1 saturated carbocycles. The Kier molecular flexibility index (Phi) is 6.10. The minimum Gasteiger partial charge on any atom is -0.508 e. The van der Waals surface area contributed by atoms with Gasteiger partial charge in [-0.3, -0.25) is 4.90 Å². The van der Waals surface area contributed by atoms with E-state index in [0.717, 1.165) is 18.4 Å². The molecule has 1 aromatic carbocycles. The lowest BCUT2D eigenvalue weighted by Crippen LogP contribution is -2.38. The van der Waals surface area contributed by atoms with E-state index in [1.165, 1.54) is 44.2 Å². The largest absolute Gasteiger partial charge is 0.508 e. The summed E-state index contributed by atoms with van der Waals surface area (Å²) in [6, 6.07) is 9.09. The molecule has 0 amide bonds. The third-order valence-corrected chi connectivity index (χ3v) is 4.82. The maximum atomic E-state index is 9.52. The highest BCUT2D eigenvalue weighted by Gasteiger charge is 2.28. The van der Waals surface area contributed by atoms with Crippen LogP contribution in [0.15, 0.2) is 24.3 Å². The number of aromatic hydroxyl groups is 1. The van der Waals surface area contributed by atoms with Crippen LogP contribution >= 0.6 is 0 Å². The van der Waals surface area contributed by atoms with E-state index >= 15 is 0 Å². The van der Waals surface area contributed by atoms with E-state index in [0.29, 0.717) is 11.8 Å². The van der Waals surface area contributed by atoms with E-state index in [4.69, 9.17) is 0 Å². The van der Waals surface area contributed by atoms with Gasteiger partial charge in [-0.2, -0.15) is 0 Å². The highest BCUT2D eigenvalue weighted by Crippen LogP contribution is 2.34. The Balaban J connectivity index is 2.16. The molecule has 1 aliphatic rings. The average molecular weight is 289 g/mol. The van der Waals surface area contributed by atoms with Crippen molar-refractivity contribution >= 4 is 0 Å². The van der Waals surface area contributed by atoms with Gasteiger partial charge in [0.15, 0.2) is 0 Å². The summed E-state index contributed by atoms with van der Waals surface area (Å²) in [7, 11) is 0. The number of hydrogen-bond donors (Lipinski definition) is 1. The fourth-order valence-electron chi connectivity index (χ4n) is 3.59. The molecule has 0 radical (unpaired) electrons. The number of rotatable bonds is 7. The summed E-state index contributed by atoms with van der Waals surface area (Å²) in [5.41, 5.74) is 1.35. The molecule has 1 atom stereocenters. The summed E-state index contributed by atoms with van der Waals surface area (Å²) in [6.07, 6.45) is 7.88. The third kappa shape index (κ3) is 4.47. The van der Waals surface area contributed by atoms with Gasteiger partial charge in [0, 0.05) is 12.1 Å². The zero-order valence-corrected chi connectivity index (χ0v) is 13.9. The molecule has 2 rings (SSSR count). The zero-order chi connectivity index (χ0) is 15.2. The lowest BCUT2D eigenvalue weighted by atomic mass is 9.98. The maximum absolute atomic E-state index is 9.52. The number of nitrogens with zero attached hydrogens (tertiary/aromatic N) is 1. The van der Waals surface area contributed by atoms with Crippen LogP contribution in [0.5, 0.6) is 5.75 Å². The number of benzene rings is 1. The number of phenolic OH excluding ortho intramolecular Hbond substituents is 1. The molecule has 1 fully saturated rings. The quantitative estimate of drug-likeness (QED) is 0.751. The average Bonchev–Trinajstić information content (AvgIpc) is 2.98. The Bertz CT molecular complexity index is 406. The first-order chi connectivity index (χ1) is 10.1. The van der Waals surface area contributed by atoms with Gasteiger partial charge in [-0.1, -0.05) is 45.7 Å². The zero-order valence-electron chi connectivity index (χ0n) is 13.9. The molecule has 0 spiro atoms. The topological polar surface area (TPSA) is 23.5 Å². The molecule has 0 aromatic heterocycles. The molecule has 0 aliphatic heterocycles. The summed E-state index contributed by atoms with van der Waals surface area (Å²) < 4.78 is 0. The van der Waals surface area contributed by atoms with Crippen LogP contribution < -0.4 is 0 Å². The Morgan fingerprint density at radius 1 is 1.14 bits per heavy atom. The van der Waals surface area contributed by atoms with Crippen molar-refractivity contribution in [2.24, 2.45) is 5.92 Å². The molecule has 21 heavy (non-hydrogen) atoms. The summed E-state index contributed by atoms with van der Waals surface area (Å²) in [5, 5.41) is 9.52. The van der Waals surface area contributed by atoms with E-state index < -0.39 is 0 Å². The van der Waals surface area contributed by atoms with E-state index in [9.17, 15) is 5.11 Å². The highest BCUT2D eigenvalue weighted by atomic mass is 16.3. The number of hydrogen-bond acceptors (Lipinski definition) is 2. The molecular weight excluding hydrogens is 258 g/mol. The van der Waals surface area contributed by atoms with E-state index in [-0.39, 0.29) is 0 Å². The van der Waals surface area contributed by atoms with Crippen LogP contribution in [0.25, 0.3) is 0 Å². The molecule has 2 heteroatoms. The van der Waals surface area contributed by atoms with Crippen molar-refractivity contribution in [3.05, 3.63) is 29.8 Å².